The summed E-state index contributed by atoms with van der Waals surface area (Å²) in [6.45, 7) is 10.9. The van der Waals surface area contributed by atoms with Gasteiger partial charge >= 0.3 is 5.97 Å². The van der Waals surface area contributed by atoms with Crippen molar-refractivity contribution in [3.8, 4) is 0 Å². The molecule has 0 aliphatic carbocycles. The van der Waals surface area contributed by atoms with E-state index in [1.165, 1.54) is 77.0 Å². The Morgan fingerprint density at radius 2 is 1.31 bits per heavy atom. The maximum atomic E-state index is 12.0. The summed E-state index contributed by atoms with van der Waals surface area (Å²) in [4.78, 5) is 14.4. The van der Waals surface area contributed by atoms with Crippen LogP contribution in [-0.2, 0) is 9.53 Å². The number of nitrogens with one attached hydrogen (secondary N) is 3. The van der Waals surface area contributed by atoms with E-state index in [0.717, 1.165) is 65.3 Å². The highest BCUT2D eigenvalue weighted by atomic mass is 16.5. The van der Waals surface area contributed by atoms with Crippen LogP contribution >= 0.6 is 0 Å². The molecule has 0 saturated carbocycles. The van der Waals surface area contributed by atoms with Crippen LogP contribution in [0.25, 0.3) is 0 Å². The first-order chi connectivity index (χ1) is 15.8. The van der Waals surface area contributed by atoms with Crippen LogP contribution in [0.5, 0.6) is 0 Å². The van der Waals surface area contributed by atoms with Crippen molar-refractivity contribution >= 4 is 5.97 Å². The third kappa shape index (κ3) is 20.0. The lowest BCUT2D eigenvalue weighted by atomic mass is 10.1. The Morgan fingerprint density at radius 1 is 0.719 bits per heavy atom. The molecule has 6 nitrogen and oxygen atoms in total. The molecule has 0 aromatic heterocycles. The largest absolute Gasteiger partial charge is 0.466 e. The van der Waals surface area contributed by atoms with E-state index < -0.39 is 0 Å². The SMILES string of the molecule is CCCCCCCCCCCCCCOC(=O)CCCN1CCNCCCNCCNC1. The Bertz CT molecular complexity index is 397. The summed E-state index contributed by atoms with van der Waals surface area (Å²) in [5.74, 6) is -0.0299. The van der Waals surface area contributed by atoms with Gasteiger partial charge in [0.2, 0.25) is 0 Å². The van der Waals surface area contributed by atoms with Crippen LogP contribution in [0, 0.1) is 0 Å². The van der Waals surface area contributed by atoms with Crippen molar-refractivity contribution in [3.63, 3.8) is 0 Å². The molecule has 0 atom stereocenters. The quantitative estimate of drug-likeness (QED) is 0.223. The van der Waals surface area contributed by atoms with Crippen LogP contribution in [0.4, 0.5) is 0 Å². The molecule has 190 valence electrons. The molecule has 1 saturated heterocycles. The Labute approximate surface area is 199 Å². The second-order valence-corrected chi connectivity index (χ2v) is 9.34. The standard InChI is InChI=1S/C26H54N4O2/c1-2-3-4-5-6-7-8-9-10-11-12-13-24-32-26(31)16-14-22-30-23-21-28-18-15-17-27-19-20-29-25-30/h27-29H,2-25H2,1H3. The molecule has 0 spiro atoms. The van der Waals surface area contributed by atoms with Gasteiger partial charge in [0.05, 0.1) is 6.61 Å². The molecule has 1 fully saturated rings. The molecule has 1 aliphatic rings. The summed E-state index contributed by atoms with van der Waals surface area (Å²) in [5.41, 5.74) is 0. The normalized spacial score (nSPS) is 16.9. The number of hydrogen-bond donors (Lipinski definition) is 3. The molecule has 0 aromatic carbocycles. The number of ether oxygens (including phenoxy) is 1. The van der Waals surface area contributed by atoms with Gasteiger partial charge in [-0.3, -0.25) is 9.69 Å². The zero-order chi connectivity index (χ0) is 23.0. The van der Waals surface area contributed by atoms with Crippen LogP contribution < -0.4 is 16.0 Å². The van der Waals surface area contributed by atoms with Gasteiger partial charge in [-0.1, -0.05) is 77.6 Å². The van der Waals surface area contributed by atoms with Crippen molar-refractivity contribution in [3.05, 3.63) is 0 Å². The molecule has 0 aromatic rings. The Balaban J connectivity index is 1.90. The minimum absolute atomic E-state index is 0.0299. The summed E-state index contributed by atoms with van der Waals surface area (Å²) in [7, 11) is 0. The third-order valence-corrected chi connectivity index (χ3v) is 6.24. The Hall–Kier alpha value is -0.690. The topological polar surface area (TPSA) is 65.6 Å². The molecule has 0 amide bonds. The van der Waals surface area contributed by atoms with Crippen molar-refractivity contribution < 1.29 is 9.53 Å². The van der Waals surface area contributed by atoms with Gasteiger partial charge in [-0.25, -0.2) is 0 Å². The summed E-state index contributed by atoms with van der Waals surface area (Å²) >= 11 is 0. The van der Waals surface area contributed by atoms with Gasteiger partial charge in [-0.05, 0) is 38.9 Å². The van der Waals surface area contributed by atoms with Gasteiger partial charge in [-0.2, -0.15) is 0 Å². The van der Waals surface area contributed by atoms with E-state index in [4.69, 9.17) is 4.74 Å². The monoisotopic (exact) mass is 454 g/mol. The fourth-order valence-electron chi connectivity index (χ4n) is 4.16. The van der Waals surface area contributed by atoms with Crippen molar-refractivity contribution in [1.82, 2.24) is 20.9 Å². The van der Waals surface area contributed by atoms with Crippen molar-refractivity contribution in [2.45, 2.75) is 103 Å². The highest BCUT2D eigenvalue weighted by molar-refractivity contribution is 5.69. The molecule has 32 heavy (non-hydrogen) atoms. The van der Waals surface area contributed by atoms with Crippen LogP contribution in [0.2, 0.25) is 0 Å². The fourth-order valence-corrected chi connectivity index (χ4v) is 4.16. The van der Waals surface area contributed by atoms with Gasteiger partial charge < -0.3 is 20.7 Å². The number of carbonyl (C=O) groups is 1. The van der Waals surface area contributed by atoms with E-state index >= 15 is 0 Å². The van der Waals surface area contributed by atoms with Crippen molar-refractivity contribution in [2.75, 3.05) is 59.1 Å². The van der Waals surface area contributed by atoms with E-state index in [-0.39, 0.29) is 5.97 Å². The van der Waals surface area contributed by atoms with Crippen LogP contribution in [0.1, 0.15) is 103 Å². The number of rotatable bonds is 17. The van der Waals surface area contributed by atoms with Gasteiger partial charge in [0.15, 0.2) is 0 Å². The maximum absolute atomic E-state index is 12.0. The minimum atomic E-state index is -0.0299. The average Bonchev–Trinajstić information content (AvgIpc) is 2.78. The van der Waals surface area contributed by atoms with Crippen molar-refractivity contribution in [2.24, 2.45) is 0 Å². The van der Waals surface area contributed by atoms with Gasteiger partial charge in [0.1, 0.15) is 0 Å². The average molecular weight is 455 g/mol. The van der Waals surface area contributed by atoms with Gasteiger partial charge in [-0.15, -0.1) is 0 Å². The Morgan fingerprint density at radius 3 is 2.00 bits per heavy atom. The first-order valence-corrected chi connectivity index (χ1v) is 13.8. The van der Waals surface area contributed by atoms with E-state index in [9.17, 15) is 4.79 Å². The molecular weight excluding hydrogens is 400 g/mol. The summed E-state index contributed by atoms with van der Waals surface area (Å²) in [6, 6.07) is 0. The maximum Gasteiger partial charge on any atom is 0.305 e. The zero-order valence-corrected chi connectivity index (χ0v) is 21.2. The smallest absolute Gasteiger partial charge is 0.305 e. The number of nitrogens with zero attached hydrogens (tertiary/aromatic N) is 1. The molecule has 3 N–H and O–H groups in total. The molecule has 1 rings (SSSR count). The summed E-state index contributed by atoms with van der Waals surface area (Å²) in [6.07, 6.45) is 18.5. The van der Waals surface area contributed by atoms with Gasteiger partial charge in [0, 0.05) is 39.3 Å². The number of hydrogen-bond acceptors (Lipinski definition) is 6. The summed E-state index contributed by atoms with van der Waals surface area (Å²) < 4.78 is 5.44. The number of carbonyl (C=O) groups excluding carboxylic acids is 1. The van der Waals surface area contributed by atoms with Crippen LogP contribution in [-0.4, -0.2) is 70.0 Å². The van der Waals surface area contributed by atoms with Crippen LogP contribution in [0.3, 0.4) is 0 Å². The number of esters is 1. The molecule has 0 bridgehead atoms. The van der Waals surface area contributed by atoms with E-state index in [1.54, 1.807) is 0 Å². The van der Waals surface area contributed by atoms with Crippen LogP contribution in [0.15, 0.2) is 0 Å². The molecule has 6 heteroatoms. The number of unbranched alkanes of at least 4 members (excludes halogenated alkanes) is 11. The van der Waals surface area contributed by atoms with Gasteiger partial charge in [0.25, 0.3) is 0 Å². The third-order valence-electron chi connectivity index (χ3n) is 6.24. The second-order valence-electron chi connectivity index (χ2n) is 9.34. The van der Waals surface area contributed by atoms with E-state index in [0.29, 0.717) is 13.0 Å². The molecule has 1 heterocycles. The van der Waals surface area contributed by atoms with E-state index in [1.807, 2.05) is 0 Å². The first-order valence-electron chi connectivity index (χ1n) is 13.8. The lowest BCUT2D eigenvalue weighted by Crippen LogP contribution is -2.42. The lowest BCUT2D eigenvalue weighted by molar-refractivity contribution is -0.143. The predicted octanol–water partition coefficient (Wildman–Crippen LogP) is 4.44. The molecular formula is C26H54N4O2. The van der Waals surface area contributed by atoms with Crippen molar-refractivity contribution in [1.29, 1.82) is 0 Å². The predicted molar refractivity (Wildman–Crippen MR) is 136 cm³/mol. The highest BCUT2D eigenvalue weighted by Gasteiger charge is 2.08. The highest BCUT2D eigenvalue weighted by Crippen LogP contribution is 2.12. The van der Waals surface area contributed by atoms with E-state index in [2.05, 4.69) is 27.8 Å². The lowest BCUT2D eigenvalue weighted by Gasteiger charge is -2.23. The summed E-state index contributed by atoms with van der Waals surface area (Å²) in [5, 5.41) is 10.4. The first kappa shape index (κ1) is 29.3. The zero-order valence-electron chi connectivity index (χ0n) is 21.2. The fraction of sp³-hybridized carbons (Fsp3) is 0.962. The molecule has 0 unspecified atom stereocenters. The Kier molecular flexibility index (Phi) is 21.5. The molecule has 1 aliphatic heterocycles. The molecule has 0 radical (unpaired) electrons. The minimum Gasteiger partial charge on any atom is -0.466 e. The second kappa shape index (κ2) is 23.5.